The Kier molecular flexibility index (Phi) is 6.47. The topological polar surface area (TPSA) is 48.1 Å². The highest BCUT2D eigenvalue weighted by Gasteiger charge is 2.29. The van der Waals surface area contributed by atoms with Crippen LogP contribution in [0.25, 0.3) is 0 Å². The lowest BCUT2D eigenvalue weighted by Crippen LogP contribution is -2.57. The molecular weight excluding hydrogens is 280 g/mol. The Morgan fingerprint density at radius 3 is 2.73 bits per heavy atom. The van der Waals surface area contributed by atoms with Crippen LogP contribution in [0.4, 0.5) is 4.79 Å². The van der Waals surface area contributed by atoms with E-state index >= 15 is 0 Å². The summed E-state index contributed by atoms with van der Waals surface area (Å²) in [5, 5.41) is 3.14. The molecule has 0 aromatic rings. The molecule has 2 saturated heterocycles. The Morgan fingerprint density at radius 2 is 2.00 bits per heavy atom. The zero-order valence-corrected chi connectivity index (χ0v) is 14.5. The van der Waals surface area contributed by atoms with Crippen LogP contribution in [0.5, 0.6) is 0 Å². The van der Waals surface area contributed by atoms with E-state index in [4.69, 9.17) is 4.74 Å². The van der Waals surface area contributed by atoms with E-state index in [0.717, 1.165) is 26.1 Å². The summed E-state index contributed by atoms with van der Waals surface area (Å²) >= 11 is 0. The molecule has 6 nitrogen and oxygen atoms in total. The highest BCUT2D eigenvalue weighted by atomic mass is 16.5. The van der Waals surface area contributed by atoms with Crippen LogP contribution in [-0.2, 0) is 4.74 Å². The molecule has 2 fully saturated rings. The standard InChI is InChI=1S/C16H32N4O2/c1-13(2)9-14-12-22-8-7-20(14)16(21)17-10-15-11-18(3)5-6-19(15)4/h13-15H,5-12H2,1-4H3,(H,17,21)/t14-,15+/m0/s1. The van der Waals surface area contributed by atoms with Gasteiger partial charge in [-0.2, -0.15) is 0 Å². The molecule has 0 radical (unpaired) electrons. The van der Waals surface area contributed by atoms with E-state index in [0.29, 0.717) is 38.3 Å². The molecule has 0 aromatic carbocycles. The summed E-state index contributed by atoms with van der Waals surface area (Å²) in [6, 6.07) is 0.670. The number of likely N-dealkylation sites (N-methyl/N-ethyl adjacent to an activating group) is 2. The van der Waals surface area contributed by atoms with Crippen LogP contribution in [-0.4, -0.2) is 92.8 Å². The molecule has 1 N–H and O–H groups in total. The van der Waals surface area contributed by atoms with Crippen molar-refractivity contribution in [2.75, 3.05) is 60.0 Å². The zero-order valence-electron chi connectivity index (χ0n) is 14.5. The summed E-state index contributed by atoms with van der Waals surface area (Å²) in [5.41, 5.74) is 0. The third-order valence-electron chi connectivity index (χ3n) is 4.70. The van der Waals surface area contributed by atoms with Crippen molar-refractivity contribution < 1.29 is 9.53 Å². The first kappa shape index (κ1) is 17.5. The average Bonchev–Trinajstić information content (AvgIpc) is 2.48. The zero-order chi connectivity index (χ0) is 16.1. The molecule has 0 unspecified atom stereocenters. The second-order valence-corrected chi connectivity index (χ2v) is 7.13. The van der Waals surface area contributed by atoms with Crippen molar-refractivity contribution in [2.24, 2.45) is 5.92 Å². The van der Waals surface area contributed by atoms with Crippen LogP contribution in [0.1, 0.15) is 20.3 Å². The Morgan fingerprint density at radius 1 is 1.23 bits per heavy atom. The molecule has 0 bridgehead atoms. The van der Waals surface area contributed by atoms with Gasteiger partial charge in [0.1, 0.15) is 0 Å². The molecule has 2 aliphatic heterocycles. The van der Waals surface area contributed by atoms with Crippen molar-refractivity contribution in [1.29, 1.82) is 0 Å². The van der Waals surface area contributed by atoms with E-state index < -0.39 is 0 Å². The van der Waals surface area contributed by atoms with Crippen LogP contribution in [0.15, 0.2) is 0 Å². The maximum Gasteiger partial charge on any atom is 0.317 e. The van der Waals surface area contributed by atoms with E-state index in [-0.39, 0.29) is 12.1 Å². The highest BCUT2D eigenvalue weighted by molar-refractivity contribution is 5.74. The lowest BCUT2D eigenvalue weighted by atomic mass is 10.0. The fourth-order valence-corrected chi connectivity index (χ4v) is 3.29. The molecule has 0 aromatic heterocycles. The van der Waals surface area contributed by atoms with Crippen molar-refractivity contribution in [3.8, 4) is 0 Å². The average molecular weight is 312 g/mol. The van der Waals surface area contributed by atoms with Gasteiger partial charge in [0, 0.05) is 38.8 Å². The maximum atomic E-state index is 12.5. The van der Waals surface area contributed by atoms with Crippen LogP contribution in [0.2, 0.25) is 0 Å². The summed E-state index contributed by atoms with van der Waals surface area (Å²) in [6.45, 7) is 10.3. The molecule has 2 rings (SSSR count). The van der Waals surface area contributed by atoms with Crippen LogP contribution < -0.4 is 5.32 Å². The lowest BCUT2D eigenvalue weighted by molar-refractivity contribution is 0.00495. The molecule has 0 saturated carbocycles. The van der Waals surface area contributed by atoms with Crippen LogP contribution in [0, 0.1) is 5.92 Å². The Balaban J connectivity index is 1.84. The first-order valence-corrected chi connectivity index (χ1v) is 8.48. The van der Waals surface area contributed by atoms with Crippen LogP contribution >= 0.6 is 0 Å². The number of amides is 2. The summed E-state index contributed by atoms with van der Waals surface area (Å²) in [7, 11) is 4.28. The molecule has 2 amide bonds. The Bertz CT molecular complexity index is 364. The van der Waals surface area contributed by atoms with Gasteiger partial charge in [-0.15, -0.1) is 0 Å². The number of rotatable bonds is 4. The monoisotopic (exact) mass is 312 g/mol. The van der Waals surface area contributed by atoms with Gasteiger partial charge in [-0.25, -0.2) is 4.79 Å². The maximum absolute atomic E-state index is 12.5. The molecule has 0 spiro atoms. The van der Waals surface area contributed by atoms with Gasteiger partial charge >= 0.3 is 6.03 Å². The van der Waals surface area contributed by atoms with Crippen molar-refractivity contribution in [3.63, 3.8) is 0 Å². The summed E-state index contributed by atoms with van der Waals surface area (Å²) in [5.74, 6) is 0.570. The number of carbonyl (C=O) groups excluding carboxylic acids is 1. The fraction of sp³-hybridized carbons (Fsp3) is 0.938. The number of carbonyl (C=O) groups is 1. The number of piperazine rings is 1. The molecule has 2 atom stereocenters. The van der Waals surface area contributed by atoms with E-state index in [1.807, 2.05) is 4.90 Å². The minimum atomic E-state index is 0.0653. The molecule has 22 heavy (non-hydrogen) atoms. The predicted octanol–water partition coefficient (Wildman–Crippen LogP) is 0.689. The van der Waals surface area contributed by atoms with Gasteiger partial charge in [-0.1, -0.05) is 13.8 Å². The molecule has 6 heteroatoms. The van der Waals surface area contributed by atoms with Gasteiger partial charge in [-0.05, 0) is 26.4 Å². The minimum absolute atomic E-state index is 0.0653. The number of hydrogen-bond donors (Lipinski definition) is 1. The molecule has 2 aliphatic rings. The Hall–Kier alpha value is -0.850. The fourth-order valence-electron chi connectivity index (χ4n) is 3.29. The van der Waals surface area contributed by atoms with E-state index in [9.17, 15) is 4.79 Å². The van der Waals surface area contributed by atoms with E-state index in [1.165, 1.54) is 0 Å². The van der Waals surface area contributed by atoms with Gasteiger partial charge in [0.05, 0.1) is 19.3 Å². The normalized spacial score (nSPS) is 28.1. The molecule has 0 aliphatic carbocycles. The van der Waals surface area contributed by atoms with Crippen molar-refractivity contribution >= 4 is 6.03 Å². The summed E-state index contributed by atoms with van der Waals surface area (Å²) in [4.78, 5) is 19.2. The minimum Gasteiger partial charge on any atom is -0.377 e. The summed E-state index contributed by atoms with van der Waals surface area (Å²) in [6.07, 6.45) is 0.999. The van der Waals surface area contributed by atoms with Crippen molar-refractivity contribution in [2.45, 2.75) is 32.4 Å². The first-order valence-electron chi connectivity index (χ1n) is 8.48. The second kappa shape index (κ2) is 8.13. The SMILES string of the molecule is CC(C)C[C@H]1COCCN1C(=O)NC[C@@H]1CN(C)CCN1C. The third kappa shape index (κ3) is 4.83. The van der Waals surface area contributed by atoms with Crippen LogP contribution in [0.3, 0.4) is 0 Å². The summed E-state index contributed by atoms with van der Waals surface area (Å²) < 4.78 is 5.55. The molecule has 128 valence electrons. The van der Waals surface area contributed by atoms with E-state index in [2.05, 4.69) is 43.1 Å². The van der Waals surface area contributed by atoms with Crippen molar-refractivity contribution in [3.05, 3.63) is 0 Å². The van der Waals surface area contributed by atoms with E-state index in [1.54, 1.807) is 0 Å². The smallest absolute Gasteiger partial charge is 0.317 e. The highest BCUT2D eigenvalue weighted by Crippen LogP contribution is 2.16. The number of morpholine rings is 1. The number of nitrogens with one attached hydrogen (secondary N) is 1. The van der Waals surface area contributed by atoms with Gasteiger partial charge in [0.2, 0.25) is 0 Å². The Labute approximate surface area is 134 Å². The number of nitrogens with zero attached hydrogens (tertiary/aromatic N) is 3. The largest absolute Gasteiger partial charge is 0.377 e. The molecule has 2 heterocycles. The number of ether oxygens (including phenoxy) is 1. The number of urea groups is 1. The predicted molar refractivity (Wildman–Crippen MR) is 88.1 cm³/mol. The lowest BCUT2D eigenvalue weighted by Gasteiger charge is -2.39. The van der Waals surface area contributed by atoms with Gasteiger partial charge < -0.3 is 19.9 Å². The quantitative estimate of drug-likeness (QED) is 0.830. The van der Waals surface area contributed by atoms with Gasteiger partial charge in [0.25, 0.3) is 0 Å². The van der Waals surface area contributed by atoms with Gasteiger partial charge in [-0.3, -0.25) is 4.90 Å². The second-order valence-electron chi connectivity index (χ2n) is 7.13. The third-order valence-corrected chi connectivity index (χ3v) is 4.70. The number of hydrogen-bond acceptors (Lipinski definition) is 4. The first-order chi connectivity index (χ1) is 10.5. The van der Waals surface area contributed by atoms with Gasteiger partial charge in [0.15, 0.2) is 0 Å². The van der Waals surface area contributed by atoms with Crippen molar-refractivity contribution in [1.82, 2.24) is 20.0 Å². The molecular formula is C16H32N4O2.